The smallest absolute Gasteiger partial charge is 0.268 e. The maximum absolute atomic E-state index is 13.5. The summed E-state index contributed by atoms with van der Waals surface area (Å²) in [5.74, 6) is -0.396. The number of amides is 1. The van der Waals surface area contributed by atoms with E-state index in [1.54, 1.807) is 24.3 Å². The summed E-state index contributed by atoms with van der Waals surface area (Å²) in [6.45, 7) is 0.398. The van der Waals surface area contributed by atoms with Crippen molar-refractivity contribution in [3.63, 3.8) is 0 Å². The Kier molecular flexibility index (Phi) is 3.64. The summed E-state index contributed by atoms with van der Waals surface area (Å²) in [5.41, 5.74) is 7.56. The van der Waals surface area contributed by atoms with Gasteiger partial charge in [0.1, 0.15) is 11.5 Å². The number of benzene rings is 1. The summed E-state index contributed by atoms with van der Waals surface area (Å²) in [7, 11) is 0. The Morgan fingerprint density at radius 2 is 2.14 bits per heavy atom. The van der Waals surface area contributed by atoms with E-state index in [1.165, 1.54) is 6.07 Å². The third kappa shape index (κ3) is 3.07. The van der Waals surface area contributed by atoms with Crippen LogP contribution in [-0.4, -0.2) is 17.0 Å². The molecule has 3 N–H and O–H groups in total. The summed E-state index contributed by atoms with van der Waals surface area (Å²) in [4.78, 5) is 12.2. The fourth-order valence-electron chi connectivity index (χ4n) is 2.44. The van der Waals surface area contributed by atoms with Gasteiger partial charge >= 0.3 is 0 Å². The average Bonchev–Trinajstić information content (AvgIpc) is 3.23. The van der Waals surface area contributed by atoms with Crippen molar-refractivity contribution < 1.29 is 9.18 Å². The highest BCUT2D eigenvalue weighted by Crippen LogP contribution is 2.37. The molecule has 1 aromatic heterocycles. The van der Waals surface area contributed by atoms with Crippen LogP contribution in [0.2, 0.25) is 0 Å². The third-order valence-corrected chi connectivity index (χ3v) is 3.68. The lowest BCUT2D eigenvalue weighted by Crippen LogP contribution is -2.27. The first-order valence-electron chi connectivity index (χ1n) is 7.14. The maximum Gasteiger partial charge on any atom is 0.268 e. The topological polar surface area (TPSA) is 60.1 Å². The predicted octanol–water partition coefficient (Wildman–Crippen LogP) is 2.52. The Morgan fingerprint density at radius 1 is 1.38 bits per heavy atom. The van der Waals surface area contributed by atoms with Crippen LogP contribution in [0.3, 0.4) is 0 Å². The van der Waals surface area contributed by atoms with Crippen LogP contribution in [0.5, 0.6) is 0 Å². The second-order valence-corrected chi connectivity index (χ2v) is 5.39. The van der Waals surface area contributed by atoms with E-state index < -0.39 is 0 Å². The van der Waals surface area contributed by atoms with Crippen LogP contribution in [-0.2, 0) is 6.42 Å². The van der Waals surface area contributed by atoms with Crippen LogP contribution in [0, 0.1) is 5.82 Å². The number of rotatable bonds is 5. The zero-order chi connectivity index (χ0) is 14.8. The van der Waals surface area contributed by atoms with E-state index in [9.17, 15) is 9.18 Å². The van der Waals surface area contributed by atoms with E-state index in [4.69, 9.17) is 5.73 Å². The van der Waals surface area contributed by atoms with Gasteiger partial charge in [-0.3, -0.25) is 4.79 Å². The molecule has 1 aromatic carbocycles. The normalized spacial score (nSPS) is 14.1. The number of nitrogens with two attached hydrogens (primary N) is 1. The highest BCUT2D eigenvalue weighted by molar-refractivity contribution is 5.93. The largest absolute Gasteiger partial charge is 0.397 e. The molecule has 1 aliphatic carbocycles. The molecule has 0 atom stereocenters. The first-order valence-corrected chi connectivity index (χ1v) is 7.14. The lowest BCUT2D eigenvalue weighted by molar-refractivity contribution is 0.0944. The number of nitrogen functional groups attached to an aromatic ring is 1. The van der Waals surface area contributed by atoms with Crippen molar-refractivity contribution in [2.45, 2.75) is 25.3 Å². The van der Waals surface area contributed by atoms with Crippen LogP contribution >= 0.6 is 0 Å². The minimum atomic E-state index is -0.239. The lowest BCUT2D eigenvalue weighted by atomic mass is 10.1. The molecule has 1 fully saturated rings. The highest BCUT2D eigenvalue weighted by atomic mass is 19.1. The molecule has 0 bridgehead atoms. The monoisotopic (exact) mass is 287 g/mol. The molecule has 0 saturated heterocycles. The van der Waals surface area contributed by atoms with E-state index in [1.807, 2.05) is 10.8 Å². The number of carbonyl (C=O) groups excluding carboxylic acids is 1. The first-order chi connectivity index (χ1) is 10.1. The van der Waals surface area contributed by atoms with E-state index >= 15 is 0 Å². The number of nitrogens with one attached hydrogen (secondary N) is 1. The van der Waals surface area contributed by atoms with Crippen molar-refractivity contribution >= 4 is 11.6 Å². The van der Waals surface area contributed by atoms with Crippen molar-refractivity contribution in [1.29, 1.82) is 0 Å². The van der Waals surface area contributed by atoms with Gasteiger partial charge in [0.05, 0.1) is 5.69 Å². The number of halogens is 1. The molecular formula is C16H18FN3O. The SMILES string of the molecule is Nc1cc(C(=O)NCCc2ccccc2F)n(C2CC2)c1. The van der Waals surface area contributed by atoms with Crippen LogP contribution in [0.25, 0.3) is 0 Å². The van der Waals surface area contributed by atoms with Gasteiger partial charge in [-0.1, -0.05) is 18.2 Å². The molecule has 1 heterocycles. The number of carbonyl (C=O) groups is 1. The Morgan fingerprint density at radius 3 is 2.86 bits per heavy atom. The maximum atomic E-state index is 13.5. The molecule has 2 aromatic rings. The minimum absolute atomic E-state index is 0.157. The summed E-state index contributed by atoms with van der Waals surface area (Å²) in [6, 6.07) is 8.69. The van der Waals surface area contributed by atoms with Gasteiger partial charge in [0, 0.05) is 18.8 Å². The van der Waals surface area contributed by atoms with Crippen molar-refractivity contribution in [3.05, 3.63) is 53.6 Å². The van der Waals surface area contributed by atoms with Crippen LogP contribution in [0.15, 0.2) is 36.5 Å². The first kappa shape index (κ1) is 13.7. The molecular weight excluding hydrogens is 269 g/mol. The van der Waals surface area contributed by atoms with Gasteiger partial charge in [-0.05, 0) is 37.0 Å². The number of hydrogen-bond acceptors (Lipinski definition) is 2. The van der Waals surface area contributed by atoms with Gasteiger partial charge < -0.3 is 15.6 Å². The van der Waals surface area contributed by atoms with Gasteiger partial charge in [-0.15, -0.1) is 0 Å². The van der Waals surface area contributed by atoms with E-state index in [2.05, 4.69) is 5.32 Å². The van der Waals surface area contributed by atoms with E-state index in [-0.39, 0.29) is 11.7 Å². The zero-order valence-electron chi connectivity index (χ0n) is 11.7. The van der Waals surface area contributed by atoms with Crippen LogP contribution in [0.1, 0.15) is 34.9 Å². The molecule has 0 spiro atoms. The standard InChI is InChI=1S/C16H18FN3O/c17-14-4-2-1-3-11(14)7-8-19-16(21)15-9-12(18)10-20(15)13-5-6-13/h1-4,9-10,13H,5-8,18H2,(H,19,21). The second kappa shape index (κ2) is 5.60. The average molecular weight is 287 g/mol. The minimum Gasteiger partial charge on any atom is -0.397 e. The van der Waals surface area contributed by atoms with Crippen molar-refractivity contribution in [2.75, 3.05) is 12.3 Å². The predicted molar refractivity (Wildman–Crippen MR) is 79.6 cm³/mol. The number of aromatic nitrogens is 1. The lowest BCUT2D eigenvalue weighted by Gasteiger charge is -2.09. The van der Waals surface area contributed by atoms with E-state index in [0.29, 0.717) is 36.0 Å². The second-order valence-electron chi connectivity index (χ2n) is 5.39. The summed E-state index contributed by atoms with van der Waals surface area (Å²) in [5, 5.41) is 2.83. The van der Waals surface area contributed by atoms with E-state index in [0.717, 1.165) is 12.8 Å². The van der Waals surface area contributed by atoms with Gasteiger partial charge in [-0.2, -0.15) is 0 Å². The highest BCUT2D eigenvalue weighted by Gasteiger charge is 2.27. The fourth-order valence-corrected chi connectivity index (χ4v) is 2.44. The molecule has 0 unspecified atom stereocenters. The molecule has 0 aliphatic heterocycles. The molecule has 0 radical (unpaired) electrons. The molecule has 1 aliphatic rings. The molecule has 3 rings (SSSR count). The third-order valence-electron chi connectivity index (χ3n) is 3.68. The van der Waals surface area contributed by atoms with Crippen LogP contribution in [0.4, 0.5) is 10.1 Å². The Balaban J connectivity index is 1.61. The molecule has 5 heteroatoms. The quantitative estimate of drug-likeness (QED) is 0.887. The molecule has 110 valence electrons. The van der Waals surface area contributed by atoms with Gasteiger partial charge in [0.2, 0.25) is 0 Å². The molecule has 4 nitrogen and oxygen atoms in total. The summed E-state index contributed by atoms with van der Waals surface area (Å²) < 4.78 is 15.4. The van der Waals surface area contributed by atoms with Crippen molar-refractivity contribution in [2.24, 2.45) is 0 Å². The summed E-state index contributed by atoms with van der Waals surface area (Å²) in [6.07, 6.45) is 4.45. The Hall–Kier alpha value is -2.30. The molecule has 21 heavy (non-hydrogen) atoms. The van der Waals surface area contributed by atoms with Crippen molar-refractivity contribution in [1.82, 2.24) is 9.88 Å². The van der Waals surface area contributed by atoms with Gasteiger partial charge in [0.25, 0.3) is 5.91 Å². The molecule has 1 saturated carbocycles. The summed E-state index contributed by atoms with van der Waals surface area (Å²) >= 11 is 0. The van der Waals surface area contributed by atoms with Crippen molar-refractivity contribution in [3.8, 4) is 0 Å². The fraction of sp³-hybridized carbons (Fsp3) is 0.312. The van der Waals surface area contributed by atoms with Gasteiger partial charge in [-0.25, -0.2) is 4.39 Å². The Labute approximate surface area is 122 Å². The number of hydrogen-bond donors (Lipinski definition) is 2. The van der Waals surface area contributed by atoms with Gasteiger partial charge in [0.15, 0.2) is 0 Å². The zero-order valence-corrected chi connectivity index (χ0v) is 11.7. The van der Waals surface area contributed by atoms with Crippen LogP contribution < -0.4 is 11.1 Å². The number of anilines is 1. The Bertz CT molecular complexity index is 661. The molecule has 1 amide bonds. The number of nitrogens with zero attached hydrogens (tertiary/aromatic N) is 1.